The van der Waals surface area contributed by atoms with E-state index in [9.17, 15) is 14.7 Å². The summed E-state index contributed by atoms with van der Waals surface area (Å²) in [5.74, 6) is 0.151. The van der Waals surface area contributed by atoms with Gasteiger partial charge in [0.25, 0.3) is 5.78 Å². The van der Waals surface area contributed by atoms with Crippen LogP contribution >= 0.6 is 34.7 Å². The van der Waals surface area contributed by atoms with E-state index in [0.29, 0.717) is 45.0 Å². The van der Waals surface area contributed by atoms with Gasteiger partial charge in [-0.1, -0.05) is 65.9 Å². The number of thioether (sulfide) groups is 1. The van der Waals surface area contributed by atoms with Crippen molar-refractivity contribution >= 4 is 57.3 Å². The number of amides is 1. The number of Topliss-reactive ketones (excluding diaryl/α,β-unsaturated/α-hetero) is 1. The first-order chi connectivity index (χ1) is 20.8. The van der Waals surface area contributed by atoms with Crippen molar-refractivity contribution in [2.24, 2.45) is 0 Å². The first kappa shape index (κ1) is 29.2. The van der Waals surface area contributed by atoms with Gasteiger partial charge in [-0.15, -0.1) is 10.2 Å². The number of carbonyl (C=O) groups is 2. The third kappa shape index (κ3) is 6.00. The second-order valence-corrected chi connectivity index (χ2v) is 12.9. The maximum atomic E-state index is 13.7. The summed E-state index contributed by atoms with van der Waals surface area (Å²) in [6.45, 7) is 4.51. The number of aliphatic hydroxyl groups is 1. The van der Waals surface area contributed by atoms with E-state index in [1.807, 2.05) is 62.4 Å². The van der Waals surface area contributed by atoms with Crippen molar-refractivity contribution in [1.82, 2.24) is 10.2 Å². The summed E-state index contributed by atoms with van der Waals surface area (Å²) in [5.41, 5.74) is 3.02. The van der Waals surface area contributed by atoms with E-state index in [1.165, 1.54) is 28.0 Å². The molecule has 0 bridgehead atoms. The second-order valence-electron chi connectivity index (χ2n) is 10.3. The summed E-state index contributed by atoms with van der Waals surface area (Å²) in [6.07, 6.45) is 1.53. The van der Waals surface area contributed by atoms with Crippen molar-refractivity contribution in [3.63, 3.8) is 0 Å². The van der Waals surface area contributed by atoms with Gasteiger partial charge in [-0.05, 0) is 72.5 Å². The number of carbonyl (C=O) groups excluding carboxylic acids is 2. The topological polar surface area (TPSA) is 102 Å². The van der Waals surface area contributed by atoms with Crippen molar-refractivity contribution in [3.8, 4) is 11.5 Å². The van der Waals surface area contributed by atoms with Gasteiger partial charge in [0.05, 0.1) is 18.2 Å². The molecule has 1 amide bonds. The van der Waals surface area contributed by atoms with E-state index in [1.54, 1.807) is 18.2 Å². The van der Waals surface area contributed by atoms with Gasteiger partial charge >= 0.3 is 5.91 Å². The zero-order chi connectivity index (χ0) is 30.1. The van der Waals surface area contributed by atoms with Crippen LogP contribution in [0.1, 0.15) is 48.6 Å². The van der Waals surface area contributed by atoms with E-state index in [0.717, 1.165) is 23.3 Å². The fourth-order valence-electron chi connectivity index (χ4n) is 5.15. The molecule has 0 spiro atoms. The van der Waals surface area contributed by atoms with Gasteiger partial charge in [-0.25, -0.2) is 0 Å². The summed E-state index contributed by atoms with van der Waals surface area (Å²) >= 11 is 8.69. The molecule has 2 aliphatic heterocycles. The summed E-state index contributed by atoms with van der Waals surface area (Å²) in [4.78, 5) is 28.6. The van der Waals surface area contributed by atoms with Gasteiger partial charge in [0.1, 0.15) is 23.4 Å². The molecule has 0 aliphatic carbocycles. The SMILES string of the molecule is CCCOc1cccc([C@@H]2/C(=C(\O)c3ccc4c(c3)C[C@H](C)O4)C(=O)C(=O)N2c2nnc(SCc3ccc(Cl)cc3)s2)c1. The molecule has 0 radical (unpaired) electrons. The maximum Gasteiger partial charge on any atom is 0.301 e. The Kier molecular flexibility index (Phi) is 8.43. The first-order valence-electron chi connectivity index (χ1n) is 13.9. The fraction of sp³-hybridized carbons (Fsp3) is 0.250. The molecular weight excluding hydrogens is 606 g/mol. The van der Waals surface area contributed by atoms with Gasteiger partial charge in [-0.3, -0.25) is 14.5 Å². The number of aromatic nitrogens is 2. The van der Waals surface area contributed by atoms with Crippen LogP contribution < -0.4 is 14.4 Å². The Morgan fingerprint density at radius 3 is 2.74 bits per heavy atom. The van der Waals surface area contributed by atoms with Crippen molar-refractivity contribution in [2.75, 3.05) is 11.5 Å². The third-order valence-corrected chi connectivity index (χ3v) is 9.52. The van der Waals surface area contributed by atoms with E-state index in [4.69, 9.17) is 21.1 Å². The minimum Gasteiger partial charge on any atom is -0.507 e. The van der Waals surface area contributed by atoms with Crippen LogP contribution in [0.25, 0.3) is 5.76 Å². The van der Waals surface area contributed by atoms with E-state index < -0.39 is 17.7 Å². The van der Waals surface area contributed by atoms with Gasteiger partial charge in [0.2, 0.25) is 5.13 Å². The number of aliphatic hydroxyl groups excluding tert-OH is 1. The van der Waals surface area contributed by atoms with Crippen LogP contribution in [-0.4, -0.2) is 39.7 Å². The average Bonchev–Trinajstić information content (AvgIpc) is 3.70. The summed E-state index contributed by atoms with van der Waals surface area (Å²) in [6, 6.07) is 19.1. The lowest BCUT2D eigenvalue weighted by atomic mass is 9.94. The van der Waals surface area contributed by atoms with Gasteiger partial charge in [0, 0.05) is 22.8 Å². The number of ether oxygens (including phenoxy) is 2. The minimum absolute atomic E-state index is 0.0184. The highest BCUT2D eigenvalue weighted by atomic mass is 35.5. The van der Waals surface area contributed by atoms with Crippen molar-refractivity contribution < 1.29 is 24.2 Å². The zero-order valence-corrected chi connectivity index (χ0v) is 25.8. The lowest BCUT2D eigenvalue weighted by Gasteiger charge is -2.23. The number of anilines is 1. The lowest BCUT2D eigenvalue weighted by molar-refractivity contribution is -0.132. The molecule has 2 aliphatic rings. The number of rotatable bonds is 9. The predicted molar refractivity (Wildman–Crippen MR) is 168 cm³/mol. The highest BCUT2D eigenvalue weighted by Crippen LogP contribution is 2.45. The number of fused-ring (bicyclic) bond motifs is 1. The van der Waals surface area contributed by atoms with Gasteiger partial charge in [-0.2, -0.15) is 0 Å². The van der Waals surface area contributed by atoms with Gasteiger partial charge < -0.3 is 14.6 Å². The average molecular weight is 634 g/mol. The van der Waals surface area contributed by atoms with Crippen molar-refractivity contribution in [2.45, 2.75) is 48.9 Å². The van der Waals surface area contributed by atoms with Crippen molar-refractivity contribution in [3.05, 3.63) is 99.6 Å². The van der Waals surface area contributed by atoms with Crippen LogP contribution in [0.15, 0.2) is 76.6 Å². The third-order valence-electron chi connectivity index (χ3n) is 7.14. The Labute approximate surface area is 262 Å². The molecule has 8 nitrogen and oxygen atoms in total. The largest absolute Gasteiger partial charge is 0.507 e. The zero-order valence-electron chi connectivity index (χ0n) is 23.5. The molecule has 4 aromatic rings. The number of hydrogen-bond donors (Lipinski definition) is 1. The Morgan fingerprint density at radius 2 is 1.95 bits per heavy atom. The molecule has 1 fully saturated rings. The molecular formula is C32H28ClN3O5S2. The highest BCUT2D eigenvalue weighted by Gasteiger charge is 2.48. The molecule has 2 atom stereocenters. The monoisotopic (exact) mass is 633 g/mol. The molecule has 0 saturated carbocycles. The molecule has 220 valence electrons. The van der Waals surface area contributed by atoms with Crippen LogP contribution in [0.5, 0.6) is 11.5 Å². The number of halogens is 1. The molecule has 3 aromatic carbocycles. The fourth-order valence-corrected chi connectivity index (χ4v) is 7.10. The van der Waals surface area contributed by atoms with E-state index >= 15 is 0 Å². The molecule has 3 heterocycles. The van der Waals surface area contributed by atoms with Crippen molar-refractivity contribution in [1.29, 1.82) is 0 Å². The summed E-state index contributed by atoms with van der Waals surface area (Å²) < 4.78 is 12.3. The van der Waals surface area contributed by atoms with E-state index in [-0.39, 0.29) is 22.6 Å². The number of benzene rings is 3. The smallest absolute Gasteiger partial charge is 0.301 e. The standard InChI is InChI=1S/C32H28ClN3O5S2/c1-3-13-40-24-6-4-5-20(16-24)27-26(28(37)21-9-12-25-22(15-21)14-18(2)41-25)29(38)30(39)36(27)31-34-35-32(43-31)42-17-19-7-10-23(33)11-8-19/h4-12,15-16,18,27,37H,3,13-14,17H2,1-2H3/b28-26+/t18-,27+/m0/s1. The normalized spacial score (nSPS) is 19.0. The number of ketones is 1. The summed E-state index contributed by atoms with van der Waals surface area (Å²) in [5, 5.41) is 21.1. The van der Waals surface area contributed by atoms with Gasteiger partial charge in [0.15, 0.2) is 4.34 Å². The molecule has 1 N–H and O–H groups in total. The predicted octanol–water partition coefficient (Wildman–Crippen LogP) is 7.22. The first-order valence-corrected chi connectivity index (χ1v) is 16.0. The molecule has 6 rings (SSSR count). The summed E-state index contributed by atoms with van der Waals surface area (Å²) in [7, 11) is 0. The Morgan fingerprint density at radius 1 is 1.14 bits per heavy atom. The number of hydrogen-bond acceptors (Lipinski definition) is 9. The van der Waals surface area contributed by atoms with E-state index in [2.05, 4.69) is 10.2 Å². The molecule has 1 saturated heterocycles. The molecule has 0 unspecified atom stereocenters. The molecule has 1 aromatic heterocycles. The maximum absolute atomic E-state index is 13.7. The quantitative estimate of drug-likeness (QED) is 0.0678. The Bertz CT molecular complexity index is 1720. The molecule has 11 heteroatoms. The van der Waals surface area contributed by atoms with Crippen LogP contribution in [0.4, 0.5) is 5.13 Å². The Balaban J connectivity index is 1.39. The van der Waals surface area contributed by atoms with Crippen LogP contribution in [0.2, 0.25) is 5.02 Å². The number of nitrogens with zero attached hydrogens (tertiary/aromatic N) is 3. The van der Waals surface area contributed by atoms with Crippen LogP contribution in [0.3, 0.4) is 0 Å². The van der Waals surface area contributed by atoms with Crippen LogP contribution in [-0.2, 0) is 21.8 Å². The minimum atomic E-state index is -0.935. The lowest BCUT2D eigenvalue weighted by Crippen LogP contribution is -2.29. The highest BCUT2D eigenvalue weighted by molar-refractivity contribution is 8.00. The second kappa shape index (κ2) is 12.4. The molecule has 43 heavy (non-hydrogen) atoms. The van der Waals surface area contributed by atoms with Crippen LogP contribution in [0, 0.1) is 0 Å². The Hall–Kier alpha value is -3.86.